The molecule has 1 unspecified atom stereocenters. The number of hydrogen-bond donors (Lipinski definition) is 0. The highest BCUT2D eigenvalue weighted by Crippen LogP contribution is 2.28. The number of pyridine rings is 1. The van der Waals surface area contributed by atoms with Crippen molar-refractivity contribution in [2.45, 2.75) is 52.6 Å². The zero-order valence-corrected chi connectivity index (χ0v) is 19.4. The van der Waals surface area contributed by atoms with Gasteiger partial charge in [0.05, 0.1) is 28.9 Å². The first-order valence-electron chi connectivity index (χ1n) is 10.9. The smallest absolute Gasteiger partial charge is 0.254 e. The van der Waals surface area contributed by atoms with Crippen molar-refractivity contribution >= 4 is 16.9 Å². The summed E-state index contributed by atoms with van der Waals surface area (Å²) in [6, 6.07) is 9.95. The Hall–Kier alpha value is -3.55. The van der Waals surface area contributed by atoms with E-state index in [1.165, 1.54) is 6.33 Å². The monoisotopic (exact) mass is 431 g/mol. The Labute approximate surface area is 187 Å². The summed E-state index contributed by atoms with van der Waals surface area (Å²) in [6.45, 7) is 10.3. The quantitative estimate of drug-likeness (QED) is 0.447. The fraction of sp³-hybridized carbons (Fsp3) is 0.375. The minimum absolute atomic E-state index is 0.0459. The van der Waals surface area contributed by atoms with Gasteiger partial charge in [-0.2, -0.15) is 10.2 Å². The lowest BCUT2D eigenvalue weighted by Crippen LogP contribution is -2.30. The molecule has 4 aromatic rings. The van der Waals surface area contributed by atoms with Gasteiger partial charge in [-0.3, -0.25) is 4.79 Å². The number of rotatable bonds is 6. The third-order valence-corrected chi connectivity index (χ3v) is 5.86. The summed E-state index contributed by atoms with van der Waals surface area (Å²) in [5, 5.41) is 9.45. The third-order valence-electron chi connectivity index (χ3n) is 5.86. The minimum atomic E-state index is -0.113. The number of benzene rings is 1. The molecule has 0 saturated heterocycles. The summed E-state index contributed by atoms with van der Waals surface area (Å²) in [4.78, 5) is 24.2. The first-order valence-corrected chi connectivity index (χ1v) is 10.9. The Kier molecular flexibility index (Phi) is 5.78. The highest BCUT2D eigenvalue weighted by Gasteiger charge is 2.24. The number of hydrogen-bond acceptors (Lipinski definition) is 5. The van der Waals surface area contributed by atoms with Crippen molar-refractivity contribution in [1.29, 1.82) is 0 Å². The van der Waals surface area contributed by atoms with Gasteiger partial charge in [0, 0.05) is 18.8 Å². The maximum absolute atomic E-state index is 13.6. The molecule has 32 heavy (non-hydrogen) atoms. The molecule has 8 nitrogen and oxygen atoms in total. The maximum atomic E-state index is 13.6. The first kappa shape index (κ1) is 21.7. The van der Waals surface area contributed by atoms with E-state index in [0.29, 0.717) is 5.56 Å². The number of carbonyl (C=O) groups excluding carboxylic acids is 1. The summed E-state index contributed by atoms with van der Waals surface area (Å²) in [7, 11) is 1.84. The van der Waals surface area contributed by atoms with E-state index in [9.17, 15) is 4.79 Å². The molecule has 1 aromatic carbocycles. The molecule has 0 spiro atoms. The van der Waals surface area contributed by atoms with Crippen LogP contribution in [0.15, 0.2) is 49.2 Å². The lowest BCUT2D eigenvalue weighted by molar-refractivity contribution is 0.0744. The second-order valence-corrected chi connectivity index (χ2v) is 8.69. The van der Waals surface area contributed by atoms with Gasteiger partial charge in [-0.25, -0.2) is 19.3 Å². The van der Waals surface area contributed by atoms with Gasteiger partial charge in [0.25, 0.3) is 5.91 Å². The standard InChI is InChI=1S/C24H29N7O/c1-15(2)22-11-20(21-12-26-31(16(3)4)23(21)28-22)24(32)29(6)17(5)18-7-9-19(10-8-18)30-14-25-13-27-30/h7-17H,1-6H3. The second kappa shape index (κ2) is 8.53. The van der Waals surface area contributed by atoms with Crippen LogP contribution in [-0.2, 0) is 0 Å². The van der Waals surface area contributed by atoms with Crippen LogP contribution in [-0.4, -0.2) is 47.4 Å². The van der Waals surface area contributed by atoms with Gasteiger partial charge < -0.3 is 4.90 Å². The molecule has 0 N–H and O–H groups in total. The molecule has 166 valence electrons. The lowest BCUT2D eigenvalue weighted by atomic mass is 10.0. The molecule has 0 radical (unpaired) electrons. The van der Waals surface area contributed by atoms with Crippen LogP contribution in [0.2, 0.25) is 0 Å². The van der Waals surface area contributed by atoms with Crippen molar-refractivity contribution in [2.75, 3.05) is 7.05 Å². The maximum Gasteiger partial charge on any atom is 0.254 e. The van der Waals surface area contributed by atoms with Crippen molar-refractivity contribution in [2.24, 2.45) is 0 Å². The summed E-state index contributed by atoms with van der Waals surface area (Å²) >= 11 is 0. The van der Waals surface area contributed by atoms with Crippen LogP contribution >= 0.6 is 0 Å². The fourth-order valence-electron chi connectivity index (χ4n) is 3.72. The molecule has 1 atom stereocenters. The molecule has 0 aliphatic rings. The van der Waals surface area contributed by atoms with E-state index in [1.54, 1.807) is 22.1 Å². The number of nitrogens with zero attached hydrogens (tertiary/aromatic N) is 7. The SMILES string of the molecule is CC(C)c1cc(C(=O)N(C)C(C)c2ccc(-n3cncn3)cc2)c2cnn(C(C)C)c2n1. The molecule has 0 aliphatic carbocycles. The molecular formula is C24H29N7O. The van der Waals surface area contributed by atoms with E-state index in [4.69, 9.17) is 4.98 Å². The van der Waals surface area contributed by atoms with Crippen LogP contribution in [0.4, 0.5) is 0 Å². The van der Waals surface area contributed by atoms with E-state index >= 15 is 0 Å². The topological polar surface area (TPSA) is 81.7 Å². The van der Waals surface area contributed by atoms with Crippen LogP contribution in [0, 0.1) is 0 Å². The number of aromatic nitrogens is 6. The van der Waals surface area contributed by atoms with Crippen LogP contribution in [0.1, 0.15) is 74.2 Å². The molecule has 3 heterocycles. The summed E-state index contributed by atoms with van der Waals surface area (Å²) in [6.07, 6.45) is 4.92. The van der Waals surface area contributed by atoms with E-state index in [2.05, 4.69) is 42.9 Å². The third kappa shape index (κ3) is 3.88. The molecule has 8 heteroatoms. The minimum Gasteiger partial charge on any atom is -0.335 e. The number of amides is 1. The molecule has 0 aliphatic heterocycles. The van der Waals surface area contributed by atoms with Gasteiger partial charge in [-0.15, -0.1) is 0 Å². The molecule has 0 fully saturated rings. The largest absolute Gasteiger partial charge is 0.335 e. The first-order chi connectivity index (χ1) is 15.3. The number of fused-ring (bicyclic) bond motifs is 1. The van der Waals surface area contributed by atoms with Gasteiger partial charge in [0.15, 0.2) is 5.65 Å². The van der Waals surface area contributed by atoms with Crippen LogP contribution in [0.3, 0.4) is 0 Å². The van der Waals surface area contributed by atoms with E-state index in [1.807, 2.05) is 49.0 Å². The second-order valence-electron chi connectivity index (χ2n) is 8.69. The lowest BCUT2D eigenvalue weighted by Gasteiger charge is -2.26. The molecule has 3 aromatic heterocycles. The zero-order valence-electron chi connectivity index (χ0n) is 19.4. The Morgan fingerprint density at radius 1 is 1.03 bits per heavy atom. The van der Waals surface area contributed by atoms with E-state index in [0.717, 1.165) is 28.0 Å². The normalized spacial score (nSPS) is 12.6. The fourth-order valence-corrected chi connectivity index (χ4v) is 3.72. The van der Waals surface area contributed by atoms with Gasteiger partial charge in [-0.05, 0) is 50.5 Å². The number of carbonyl (C=O) groups is 1. The summed E-state index contributed by atoms with van der Waals surface area (Å²) < 4.78 is 3.58. The zero-order chi connectivity index (χ0) is 23.0. The highest BCUT2D eigenvalue weighted by molar-refractivity contribution is 6.05. The predicted molar refractivity (Wildman–Crippen MR) is 124 cm³/mol. The average Bonchev–Trinajstić information content (AvgIpc) is 3.47. The van der Waals surface area contributed by atoms with Crippen LogP contribution in [0.5, 0.6) is 0 Å². The van der Waals surface area contributed by atoms with Gasteiger partial charge in [0.2, 0.25) is 0 Å². The van der Waals surface area contributed by atoms with Gasteiger partial charge in [-0.1, -0.05) is 26.0 Å². The molecule has 0 bridgehead atoms. The Morgan fingerprint density at radius 2 is 1.75 bits per heavy atom. The summed E-state index contributed by atoms with van der Waals surface area (Å²) in [5.74, 6) is 0.156. The van der Waals surface area contributed by atoms with Crippen molar-refractivity contribution in [1.82, 2.24) is 34.4 Å². The predicted octanol–water partition coefficient (Wildman–Crippen LogP) is 4.55. The van der Waals surface area contributed by atoms with Crippen molar-refractivity contribution in [3.05, 3.63) is 66.0 Å². The van der Waals surface area contributed by atoms with E-state index in [-0.39, 0.29) is 23.9 Å². The van der Waals surface area contributed by atoms with Crippen molar-refractivity contribution in [3.8, 4) is 5.69 Å². The van der Waals surface area contributed by atoms with Crippen LogP contribution < -0.4 is 0 Å². The molecule has 1 amide bonds. The van der Waals surface area contributed by atoms with Gasteiger partial charge in [0.1, 0.15) is 12.7 Å². The van der Waals surface area contributed by atoms with Crippen molar-refractivity contribution < 1.29 is 4.79 Å². The molecule has 0 saturated carbocycles. The summed E-state index contributed by atoms with van der Waals surface area (Å²) in [5.41, 5.74) is 4.25. The molecule has 4 rings (SSSR count). The highest BCUT2D eigenvalue weighted by atomic mass is 16.2. The van der Waals surface area contributed by atoms with Crippen molar-refractivity contribution in [3.63, 3.8) is 0 Å². The van der Waals surface area contributed by atoms with E-state index < -0.39 is 0 Å². The Morgan fingerprint density at radius 3 is 2.34 bits per heavy atom. The van der Waals surface area contributed by atoms with Gasteiger partial charge >= 0.3 is 0 Å². The molecular weight excluding hydrogens is 402 g/mol. The Bertz CT molecular complexity index is 1220. The Balaban J connectivity index is 1.67. The average molecular weight is 432 g/mol. The van der Waals surface area contributed by atoms with Crippen LogP contribution in [0.25, 0.3) is 16.7 Å².